The van der Waals surface area contributed by atoms with Crippen LogP contribution >= 0.6 is 0 Å². The van der Waals surface area contributed by atoms with Gasteiger partial charge in [0.05, 0.1) is 19.5 Å². The van der Waals surface area contributed by atoms with Gasteiger partial charge in [-0.1, -0.05) is 24.3 Å². The van der Waals surface area contributed by atoms with Crippen LogP contribution < -0.4 is 0 Å². The monoisotopic (exact) mass is 505 g/mol. The zero-order chi connectivity index (χ0) is 26.9. The molecule has 0 aliphatic carbocycles. The molecule has 202 valence electrons. The number of carboxylic acid groups (broad SMARTS) is 1. The molecule has 0 unspecified atom stereocenters. The van der Waals surface area contributed by atoms with Gasteiger partial charge in [0, 0.05) is 45.8 Å². The molecule has 1 fully saturated rings. The Hall–Kier alpha value is -2.49. The average Bonchev–Trinajstić information content (AvgIpc) is 2.79. The van der Waals surface area contributed by atoms with E-state index >= 15 is 0 Å². The molecular formula is C27H43N3O6. The zero-order valence-electron chi connectivity index (χ0n) is 22.7. The average molecular weight is 506 g/mol. The summed E-state index contributed by atoms with van der Waals surface area (Å²) in [5.41, 5.74) is 0.764. The molecule has 1 heterocycles. The molecule has 1 aromatic rings. The van der Waals surface area contributed by atoms with Gasteiger partial charge in [-0.15, -0.1) is 0 Å². The molecule has 1 N–H and O–H groups in total. The third kappa shape index (κ3) is 12.5. The first-order valence-corrected chi connectivity index (χ1v) is 12.6. The fourth-order valence-electron chi connectivity index (χ4n) is 3.97. The summed E-state index contributed by atoms with van der Waals surface area (Å²) in [4.78, 5) is 42.4. The van der Waals surface area contributed by atoms with Crippen LogP contribution in [0.1, 0.15) is 52.7 Å². The summed E-state index contributed by atoms with van der Waals surface area (Å²) in [6.07, 6.45) is 0.00322. The van der Waals surface area contributed by atoms with Crippen LogP contribution in [0.4, 0.5) is 0 Å². The molecule has 9 heteroatoms. The summed E-state index contributed by atoms with van der Waals surface area (Å²) < 4.78 is 11.1. The number of benzene rings is 1. The minimum atomic E-state index is -0.849. The lowest BCUT2D eigenvalue weighted by molar-refractivity contribution is -0.158. The van der Waals surface area contributed by atoms with E-state index in [4.69, 9.17) is 14.6 Å². The summed E-state index contributed by atoms with van der Waals surface area (Å²) >= 11 is 0. The Morgan fingerprint density at radius 2 is 1.06 bits per heavy atom. The fraction of sp³-hybridized carbons (Fsp3) is 0.667. The van der Waals surface area contributed by atoms with Crippen molar-refractivity contribution in [2.75, 3.05) is 52.4 Å². The van der Waals surface area contributed by atoms with E-state index in [0.29, 0.717) is 32.7 Å². The molecule has 0 aromatic heterocycles. The van der Waals surface area contributed by atoms with E-state index in [1.807, 2.05) is 65.8 Å². The van der Waals surface area contributed by atoms with E-state index < -0.39 is 17.2 Å². The lowest BCUT2D eigenvalue weighted by Crippen LogP contribution is -2.42. The highest BCUT2D eigenvalue weighted by atomic mass is 16.6. The van der Waals surface area contributed by atoms with Crippen molar-refractivity contribution in [3.05, 3.63) is 35.4 Å². The normalized spacial score (nSPS) is 17.1. The first-order chi connectivity index (χ1) is 16.7. The van der Waals surface area contributed by atoms with Crippen LogP contribution in [0.25, 0.3) is 0 Å². The Kier molecular flexibility index (Phi) is 10.9. The smallest absolute Gasteiger partial charge is 0.320 e. The molecule has 0 saturated carbocycles. The third-order valence-electron chi connectivity index (χ3n) is 5.53. The molecule has 0 bridgehead atoms. The summed E-state index contributed by atoms with van der Waals surface area (Å²) in [6, 6.07) is 7.62. The van der Waals surface area contributed by atoms with Crippen molar-refractivity contribution in [3.8, 4) is 0 Å². The number of esters is 2. The van der Waals surface area contributed by atoms with Crippen LogP contribution in [0.2, 0.25) is 0 Å². The summed E-state index contributed by atoms with van der Waals surface area (Å²) in [5.74, 6) is -1.38. The van der Waals surface area contributed by atoms with Gasteiger partial charge in [0.1, 0.15) is 11.2 Å². The van der Waals surface area contributed by atoms with Gasteiger partial charge < -0.3 is 14.6 Å². The van der Waals surface area contributed by atoms with Crippen molar-refractivity contribution in [2.45, 2.75) is 65.7 Å². The number of carboxylic acids is 1. The summed E-state index contributed by atoms with van der Waals surface area (Å²) in [6.45, 7) is 16.4. The topological polar surface area (TPSA) is 99.6 Å². The Balaban J connectivity index is 2.09. The van der Waals surface area contributed by atoms with Crippen molar-refractivity contribution in [1.29, 1.82) is 0 Å². The van der Waals surface area contributed by atoms with E-state index in [1.165, 1.54) is 0 Å². The van der Waals surface area contributed by atoms with E-state index in [0.717, 1.165) is 24.2 Å². The summed E-state index contributed by atoms with van der Waals surface area (Å²) in [7, 11) is 0. The molecule has 1 aliphatic rings. The van der Waals surface area contributed by atoms with Crippen LogP contribution in [-0.2, 0) is 36.8 Å². The van der Waals surface area contributed by atoms with Crippen molar-refractivity contribution < 1.29 is 29.0 Å². The predicted octanol–water partition coefficient (Wildman–Crippen LogP) is 2.42. The number of carbonyl (C=O) groups is 3. The van der Waals surface area contributed by atoms with Gasteiger partial charge >= 0.3 is 17.9 Å². The molecule has 1 aromatic carbocycles. The van der Waals surface area contributed by atoms with Crippen molar-refractivity contribution >= 4 is 17.9 Å². The first-order valence-electron chi connectivity index (χ1n) is 12.6. The molecule has 1 aliphatic heterocycles. The minimum Gasteiger partial charge on any atom is -0.481 e. The van der Waals surface area contributed by atoms with Crippen LogP contribution in [0.15, 0.2) is 24.3 Å². The highest BCUT2D eigenvalue weighted by Crippen LogP contribution is 2.12. The van der Waals surface area contributed by atoms with Gasteiger partial charge in [-0.25, -0.2) is 0 Å². The largest absolute Gasteiger partial charge is 0.481 e. The van der Waals surface area contributed by atoms with Crippen LogP contribution in [0, 0.1) is 0 Å². The maximum Gasteiger partial charge on any atom is 0.320 e. The van der Waals surface area contributed by atoms with Crippen molar-refractivity contribution in [2.24, 2.45) is 0 Å². The van der Waals surface area contributed by atoms with Crippen molar-refractivity contribution in [3.63, 3.8) is 0 Å². The molecule has 0 radical (unpaired) electrons. The standard InChI is InChI=1S/C27H43N3O6/c1-26(2,3)35-24(33)19-29-13-11-28(18-22-9-7-21(8-10-22)17-23(31)32)12-14-30(16-15-29)20-25(34)36-27(4,5)6/h7-10H,11-20H2,1-6H3,(H,31,32). The lowest BCUT2D eigenvalue weighted by Gasteiger charge is -2.27. The molecule has 9 nitrogen and oxygen atoms in total. The maximum atomic E-state index is 12.5. The van der Waals surface area contributed by atoms with Gasteiger partial charge in [-0.3, -0.25) is 29.1 Å². The quantitative estimate of drug-likeness (QED) is 0.534. The van der Waals surface area contributed by atoms with E-state index in [1.54, 1.807) is 0 Å². The zero-order valence-corrected chi connectivity index (χ0v) is 22.7. The fourth-order valence-corrected chi connectivity index (χ4v) is 3.97. The van der Waals surface area contributed by atoms with Gasteiger partial charge in [0.2, 0.25) is 0 Å². The Bertz CT molecular complexity index is 831. The minimum absolute atomic E-state index is 0.00322. The third-order valence-corrected chi connectivity index (χ3v) is 5.53. The second-order valence-electron chi connectivity index (χ2n) is 11.4. The van der Waals surface area contributed by atoms with Crippen molar-refractivity contribution in [1.82, 2.24) is 14.7 Å². The second kappa shape index (κ2) is 13.2. The number of carbonyl (C=O) groups excluding carboxylic acids is 2. The molecule has 0 atom stereocenters. The highest BCUT2D eigenvalue weighted by molar-refractivity contribution is 5.72. The molecule has 36 heavy (non-hydrogen) atoms. The summed E-state index contributed by atoms with van der Waals surface area (Å²) in [5, 5.41) is 9.00. The van der Waals surface area contributed by atoms with Crippen LogP contribution in [0.5, 0.6) is 0 Å². The predicted molar refractivity (Wildman–Crippen MR) is 138 cm³/mol. The molecule has 1 saturated heterocycles. The Labute approximate surface area is 215 Å². The number of ether oxygens (including phenoxy) is 2. The molecular weight excluding hydrogens is 462 g/mol. The van der Waals surface area contributed by atoms with E-state index in [9.17, 15) is 14.4 Å². The Morgan fingerprint density at radius 3 is 1.42 bits per heavy atom. The number of hydrogen-bond acceptors (Lipinski definition) is 8. The van der Waals surface area contributed by atoms with E-state index in [-0.39, 0.29) is 31.4 Å². The Morgan fingerprint density at radius 1 is 0.694 bits per heavy atom. The second-order valence-corrected chi connectivity index (χ2v) is 11.4. The van der Waals surface area contributed by atoms with Gasteiger partial charge in [-0.2, -0.15) is 0 Å². The van der Waals surface area contributed by atoms with E-state index in [2.05, 4.69) is 14.7 Å². The van der Waals surface area contributed by atoms with Crippen LogP contribution in [-0.4, -0.2) is 101 Å². The number of aliphatic carboxylic acids is 1. The van der Waals surface area contributed by atoms with Crippen LogP contribution in [0.3, 0.4) is 0 Å². The lowest BCUT2D eigenvalue weighted by atomic mass is 10.1. The van der Waals surface area contributed by atoms with Gasteiger partial charge in [0.15, 0.2) is 0 Å². The molecule has 0 spiro atoms. The number of rotatable bonds is 8. The number of nitrogens with zero attached hydrogens (tertiary/aromatic N) is 3. The number of hydrogen-bond donors (Lipinski definition) is 1. The SMILES string of the molecule is CC(C)(C)OC(=O)CN1CCN(CC(=O)OC(C)(C)C)CCN(Cc2ccc(CC(=O)O)cc2)CC1. The highest BCUT2D eigenvalue weighted by Gasteiger charge is 2.24. The molecule has 0 amide bonds. The molecule has 2 rings (SSSR count). The maximum absolute atomic E-state index is 12.5. The van der Waals surface area contributed by atoms with Gasteiger partial charge in [0.25, 0.3) is 0 Å². The first kappa shape index (κ1) is 29.7. The van der Waals surface area contributed by atoms with Gasteiger partial charge in [-0.05, 0) is 52.7 Å².